The fourth-order valence-corrected chi connectivity index (χ4v) is 4.11. The highest BCUT2D eigenvalue weighted by molar-refractivity contribution is 5.92. The van der Waals surface area contributed by atoms with Gasteiger partial charge in [-0.05, 0) is 83.9 Å². The number of carbonyl (C=O) groups excluding carboxylic acids is 4. The van der Waals surface area contributed by atoms with Crippen LogP contribution in [-0.4, -0.2) is 59.6 Å². The smallest absolute Gasteiger partial charge is 0.408 e. The Morgan fingerprint density at radius 1 is 1.00 bits per heavy atom. The van der Waals surface area contributed by atoms with E-state index >= 15 is 0 Å². The standard InChI is InChI=1S/C30H49N3O6/c1-11-22(7)33(28(36)24(17-19(3)4)32-29(37)39-30(8,9)10)26(23-14-13-20(5)21(6)18-23)27(35)31-16-15-25(34)38-12-2/h13-14,18-19,22,24,26H,11-12,15-17H2,1-10H3,(H,31,35)(H,32,37). The Balaban J connectivity index is 3.50. The van der Waals surface area contributed by atoms with Crippen molar-refractivity contribution >= 4 is 23.9 Å². The van der Waals surface area contributed by atoms with Crippen LogP contribution in [0.4, 0.5) is 4.79 Å². The summed E-state index contributed by atoms with van der Waals surface area (Å²) in [6.45, 7) is 19.0. The van der Waals surface area contributed by atoms with Crippen LogP contribution in [0.1, 0.15) is 97.4 Å². The Bertz CT molecular complexity index is 985. The van der Waals surface area contributed by atoms with Crippen molar-refractivity contribution in [1.29, 1.82) is 0 Å². The van der Waals surface area contributed by atoms with Gasteiger partial charge in [0, 0.05) is 12.6 Å². The molecule has 0 aromatic heterocycles. The molecule has 9 heteroatoms. The minimum absolute atomic E-state index is 0.0205. The molecular formula is C30H49N3O6. The fraction of sp³-hybridized carbons (Fsp3) is 0.667. The van der Waals surface area contributed by atoms with E-state index in [0.29, 0.717) is 18.4 Å². The first-order valence-electron chi connectivity index (χ1n) is 13.9. The highest BCUT2D eigenvalue weighted by Gasteiger charge is 2.38. The van der Waals surface area contributed by atoms with Crippen LogP contribution in [0.15, 0.2) is 18.2 Å². The van der Waals surface area contributed by atoms with Crippen LogP contribution in [0.5, 0.6) is 0 Å². The zero-order chi connectivity index (χ0) is 29.9. The Labute approximate surface area is 234 Å². The van der Waals surface area contributed by atoms with Gasteiger partial charge >= 0.3 is 12.1 Å². The molecule has 9 nitrogen and oxygen atoms in total. The summed E-state index contributed by atoms with van der Waals surface area (Å²) in [5.74, 6) is -1.09. The first kappa shape index (κ1) is 33.9. The molecule has 0 fully saturated rings. The molecule has 1 aromatic rings. The number of nitrogens with one attached hydrogen (secondary N) is 2. The number of amides is 3. The van der Waals surface area contributed by atoms with E-state index in [4.69, 9.17) is 9.47 Å². The number of ether oxygens (including phenoxy) is 2. The van der Waals surface area contributed by atoms with Gasteiger partial charge in [-0.2, -0.15) is 0 Å². The summed E-state index contributed by atoms with van der Waals surface area (Å²) in [6, 6.07) is 3.49. The van der Waals surface area contributed by atoms with Crippen molar-refractivity contribution in [3.8, 4) is 0 Å². The number of aryl methyl sites for hydroxylation is 2. The van der Waals surface area contributed by atoms with Crippen LogP contribution in [0.2, 0.25) is 0 Å². The molecule has 2 N–H and O–H groups in total. The topological polar surface area (TPSA) is 114 Å². The summed E-state index contributed by atoms with van der Waals surface area (Å²) in [5.41, 5.74) is 1.97. The van der Waals surface area contributed by atoms with Crippen molar-refractivity contribution in [2.75, 3.05) is 13.2 Å². The van der Waals surface area contributed by atoms with Crippen LogP contribution in [0, 0.1) is 19.8 Å². The minimum Gasteiger partial charge on any atom is -0.466 e. The number of esters is 1. The van der Waals surface area contributed by atoms with Crippen LogP contribution in [0.3, 0.4) is 0 Å². The average molecular weight is 548 g/mol. The molecule has 39 heavy (non-hydrogen) atoms. The normalized spacial score (nSPS) is 13.7. The van der Waals surface area contributed by atoms with Crippen LogP contribution in [0.25, 0.3) is 0 Å². The maximum Gasteiger partial charge on any atom is 0.408 e. The highest BCUT2D eigenvalue weighted by Crippen LogP contribution is 2.28. The van der Waals surface area contributed by atoms with Crippen molar-refractivity contribution in [1.82, 2.24) is 15.5 Å². The van der Waals surface area contributed by atoms with Crippen molar-refractivity contribution < 1.29 is 28.7 Å². The molecule has 0 saturated carbocycles. The van der Waals surface area contributed by atoms with Crippen LogP contribution in [-0.2, 0) is 23.9 Å². The van der Waals surface area contributed by atoms with E-state index in [1.807, 2.05) is 59.7 Å². The Morgan fingerprint density at radius 3 is 2.15 bits per heavy atom. The number of alkyl carbamates (subject to hydrolysis) is 1. The summed E-state index contributed by atoms with van der Waals surface area (Å²) >= 11 is 0. The van der Waals surface area contributed by atoms with Crippen molar-refractivity contribution in [3.63, 3.8) is 0 Å². The lowest BCUT2D eigenvalue weighted by atomic mass is 9.95. The SMILES string of the molecule is CCOC(=O)CCNC(=O)C(c1ccc(C)c(C)c1)N(C(=O)C(CC(C)C)NC(=O)OC(C)(C)C)C(C)CC. The van der Waals surface area contributed by atoms with Gasteiger partial charge in [0.25, 0.3) is 0 Å². The van der Waals surface area contributed by atoms with E-state index in [1.165, 1.54) is 0 Å². The van der Waals surface area contributed by atoms with Gasteiger partial charge in [-0.1, -0.05) is 39.0 Å². The molecule has 0 heterocycles. The number of hydrogen-bond donors (Lipinski definition) is 2. The van der Waals surface area contributed by atoms with E-state index in [9.17, 15) is 19.2 Å². The maximum atomic E-state index is 14.2. The van der Waals surface area contributed by atoms with Crippen molar-refractivity contribution in [2.24, 2.45) is 5.92 Å². The Morgan fingerprint density at radius 2 is 1.64 bits per heavy atom. The van der Waals surface area contributed by atoms with E-state index in [0.717, 1.165) is 11.1 Å². The quantitative estimate of drug-likeness (QED) is 0.337. The number of benzene rings is 1. The number of carbonyl (C=O) groups is 4. The molecule has 0 aliphatic carbocycles. The summed E-state index contributed by atoms with van der Waals surface area (Å²) in [5, 5.41) is 5.58. The summed E-state index contributed by atoms with van der Waals surface area (Å²) < 4.78 is 10.4. The van der Waals surface area contributed by atoms with Crippen molar-refractivity contribution in [2.45, 2.75) is 112 Å². The largest absolute Gasteiger partial charge is 0.466 e. The monoisotopic (exact) mass is 547 g/mol. The second-order valence-corrected chi connectivity index (χ2v) is 11.4. The van der Waals surface area contributed by atoms with Crippen LogP contribution < -0.4 is 10.6 Å². The van der Waals surface area contributed by atoms with E-state index in [1.54, 1.807) is 32.6 Å². The molecule has 1 aromatic carbocycles. The lowest BCUT2D eigenvalue weighted by Gasteiger charge is -2.38. The molecule has 3 unspecified atom stereocenters. The minimum atomic E-state index is -0.968. The van der Waals surface area contributed by atoms with Gasteiger partial charge in [-0.15, -0.1) is 0 Å². The van der Waals surface area contributed by atoms with Crippen molar-refractivity contribution in [3.05, 3.63) is 34.9 Å². The van der Waals surface area contributed by atoms with Gasteiger partial charge in [0.2, 0.25) is 11.8 Å². The maximum absolute atomic E-state index is 14.2. The highest BCUT2D eigenvalue weighted by atomic mass is 16.6. The van der Waals surface area contributed by atoms with E-state index in [2.05, 4.69) is 10.6 Å². The molecule has 0 bridgehead atoms. The summed E-state index contributed by atoms with van der Waals surface area (Å²) in [4.78, 5) is 54.1. The first-order chi connectivity index (χ1) is 18.1. The molecule has 0 saturated heterocycles. The lowest BCUT2D eigenvalue weighted by Crippen LogP contribution is -2.55. The van der Waals surface area contributed by atoms with Crippen LogP contribution >= 0.6 is 0 Å². The van der Waals surface area contributed by atoms with Gasteiger partial charge in [0.05, 0.1) is 13.0 Å². The molecule has 0 aliphatic rings. The lowest BCUT2D eigenvalue weighted by molar-refractivity contribution is -0.146. The average Bonchev–Trinajstić information content (AvgIpc) is 2.81. The number of nitrogens with zero attached hydrogens (tertiary/aromatic N) is 1. The van der Waals surface area contributed by atoms with Gasteiger partial charge in [-0.3, -0.25) is 14.4 Å². The van der Waals surface area contributed by atoms with Gasteiger partial charge in [0.15, 0.2) is 0 Å². The second kappa shape index (κ2) is 15.5. The van der Waals surface area contributed by atoms with Gasteiger partial charge < -0.3 is 25.0 Å². The molecule has 1 rings (SSSR count). The third-order valence-corrected chi connectivity index (χ3v) is 6.32. The predicted octanol–water partition coefficient (Wildman–Crippen LogP) is 4.98. The zero-order valence-corrected chi connectivity index (χ0v) is 25.5. The van der Waals surface area contributed by atoms with E-state index in [-0.39, 0.29) is 37.4 Å². The molecule has 220 valence electrons. The molecular weight excluding hydrogens is 498 g/mol. The zero-order valence-electron chi connectivity index (χ0n) is 25.5. The summed E-state index contributed by atoms with van der Waals surface area (Å²) in [7, 11) is 0. The molecule has 0 radical (unpaired) electrons. The molecule has 3 atom stereocenters. The second-order valence-electron chi connectivity index (χ2n) is 11.4. The van der Waals surface area contributed by atoms with E-state index < -0.39 is 35.7 Å². The number of hydrogen-bond acceptors (Lipinski definition) is 6. The third-order valence-electron chi connectivity index (χ3n) is 6.32. The molecule has 0 aliphatic heterocycles. The molecule has 0 spiro atoms. The number of rotatable bonds is 13. The first-order valence-corrected chi connectivity index (χ1v) is 13.9. The molecule has 3 amide bonds. The van der Waals surface area contributed by atoms with Gasteiger partial charge in [0.1, 0.15) is 17.7 Å². The third kappa shape index (κ3) is 11.3. The summed E-state index contributed by atoms with van der Waals surface area (Å²) in [6.07, 6.45) is 0.290. The Kier molecular flexibility index (Phi) is 13.5. The fourth-order valence-electron chi connectivity index (χ4n) is 4.11. The predicted molar refractivity (Wildman–Crippen MR) is 152 cm³/mol. The Hall–Kier alpha value is -3.10. The van der Waals surface area contributed by atoms with Gasteiger partial charge in [-0.25, -0.2) is 4.79 Å².